The second-order valence-electron chi connectivity index (χ2n) is 7.55. The topological polar surface area (TPSA) is 42.8 Å². The average molecular weight is 457 g/mol. The molecule has 2 heterocycles. The van der Waals surface area contributed by atoms with E-state index in [-0.39, 0.29) is 22.0 Å². The van der Waals surface area contributed by atoms with E-state index in [1.165, 1.54) is 65.5 Å². The highest BCUT2D eigenvalue weighted by Crippen LogP contribution is 2.50. The van der Waals surface area contributed by atoms with Crippen LogP contribution < -0.4 is 0 Å². The fourth-order valence-electron chi connectivity index (χ4n) is 4.27. The van der Waals surface area contributed by atoms with Gasteiger partial charge in [0.05, 0.1) is 17.4 Å². The van der Waals surface area contributed by atoms with E-state index in [2.05, 4.69) is 10.1 Å². The van der Waals surface area contributed by atoms with E-state index in [0.29, 0.717) is 16.6 Å². The molecule has 2 aromatic heterocycles. The Balaban J connectivity index is 1.74. The maximum atomic E-state index is 14.7. The standard InChI is InChI=1S/C24H16F5N3O/c1-33-23(24(27,28)29,18-13-30-20-4-2-3-19(26)22(18)20)15-5-10-21-14(11-15)12-31-32(21)17-8-6-16(25)7-9-17/h2-13,30H,1H3. The van der Waals surface area contributed by atoms with Crippen LogP contribution in [0.4, 0.5) is 22.0 Å². The van der Waals surface area contributed by atoms with E-state index < -0.39 is 23.4 Å². The molecule has 4 nitrogen and oxygen atoms in total. The van der Waals surface area contributed by atoms with Crippen molar-refractivity contribution in [3.05, 3.63) is 95.8 Å². The highest BCUT2D eigenvalue weighted by molar-refractivity contribution is 5.87. The Bertz CT molecular complexity index is 1470. The minimum atomic E-state index is -4.92. The molecule has 5 aromatic rings. The number of nitrogens with zero attached hydrogens (tertiary/aromatic N) is 2. The van der Waals surface area contributed by atoms with Crippen LogP contribution in [0.1, 0.15) is 11.1 Å². The van der Waals surface area contributed by atoms with Crippen molar-refractivity contribution in [1.82, 2.24) is 14.8 Å². The second-order valence-corrected chi connectivity index (χ2v) is 7.55. The van der Waals surface area contributed by atoms with Crippen molar-refractivity contribution in [3.8, 4) is 5.69 Å². The van der Waals surface area contributed by atoms with Crippen molar-refractivity contribution < 1.29 is 26.7 Å². The number of hydrogen-bond donors (Lipinski definition) is 1. The fourth-order valence-corrected chi connectivity index (χ4v) is 4.27. The maximum Gasteiger partial charge on any atom is 0.426 e. The van der Waals surface area contributed by atoms with Gasteiger partial charge in [-0.1, -0.05) is 12.1 Å². The molecular weight excluding hydrogens is 441 g/mol. The lowest BCUT2D eigenvalue weighted by atomic mass is 9.84. The van der Waals surface area contributed by atoms with Crippen LogP contribution in [0.2, 0.25) is 0 Å². The lowest BCUT2D eigenvalue weighted by Crippen LogP contribution is -2.45. The van der Waals surface area contributed by atoms with Crippen molar-refractivity contribution in [3.63, 3.8) is 0 Å². The summed E-state index contributed by atoms with van der Waals surface area (Å²) < 4.78 is 78.6. The number of rotatable bonds is 4. The van der Waals surface area contributed by atoms with Gasteiger partial charge < -0.3 is 9.72 Å². The molecular formula is C24H16F5N3O. The maximum absolute atomic E-state index is 14.7. The van der Waals surface area contributed by atoms with Crippen LogP contribution in [0.5, 0.6) is 0 Å². The first-order chi connectivity index (χ1) is 15.8. The molecule has 0 amide bonds. The summed E-state index contributed by atoms with van der Waals surface area (Å²) in [5.41, 5.74) is -2.25. The lowest BCUT2D eigenvalue weighted by Gasteiger charge is -2.35. The number of ether oxygens (including phenoxy) is 1. The number of aromatic amines is 1. The van der Waals surface area contributed by atoms with Crippen LogP contribution in [0.3, 0.4) is 0 Å². The highest BCUT2D eigenvalue weighted by atomic mass is 19.4. The lowest BCUT2D eigenvalue weighted by molar-refractivity contribution is -0.257. The van der Waals surface area contributed by atoms with Gasteiger partial charge in [-0.05, 0) is 54.1 Å². The summed E-state index contributed by atoms with van der Waals surface area (Å²) in [7, 11) is 0.944. The monoisotopic (exact) mass is 457 g/mol. The van der Waals surface area contributed by atoms with Crippen molar-refractivity contribution in [1.29, 1.82) is 0 Å². The molecule has 0 bridgehead atoms. The molecule has 3 aromatic carbocycles. The molecule has 9 heteroatoms. The molecule has 1 atom stereocenters. The van der Waals surface area contributed by atoms with E-state index in [0.717, 1.165) is 19.4 Å². The zero-order valence-electron chi connectivity index (χ0n) is 17.1. The van der Waals surface area contributed by atoms with Crippen molar-refractivity contribution in [2.75, 3.05) is 7.11 Å². The van der Waals surface area contributed by atoms with E-state index in [1.807, 2.05) is 0 Å². The van der Waals surface area contributed by atoms with Crippen LogP contribution in [0, 0.1) is 11.6 Å². The molecule has 0 saturated carbocycles. The Morgan fingerprint density at radius 2 is 1.73 bits per heavy atom. The van der Waals surface area contributed by atoms with Gasteiger partial charge in [-0.25, -0.2) is 13.5 Å². The molecule has 0 radical (unpaired) electrons. The molecule has 0 aliphatic heterocycles. The second kappa shape index (κ2) is 7.41. The quantitative estimate of drug-likeness (QED) is 0.325. The van der Waals surface area contributed by atoms with Gasteiger partial charge in [-0.2, -0.15) is 18.3 Å². The summed E-state index contributed by atoms with van der Waals surface area (Å²) >= 11 is 0. The highest BCUT2D eigenvalue weighted by Gasteiger charge is 2.59. The first-order valence-electron chi connectivity index (χ1n) is 9.88. The summed E-state index contributed by atoms with van der Waals surface area (Å²) in [6.45, 7) is 0. The van der Waals surface area contributed by atoms with Gasteiger partial charge in [0.25, 0.3) is 0 Å². The van der Waals surface area contributed by atoms with Crippen molar-refractivity contribution in [2.24, 2.45) is 0 Å². The molecule has 0 aliphatic carbocycles. The summed E-state index contributed by atoms with van der Waals surface area (Å²) in [6.07, 6.45) is -2.38. The summed E-state index contributed by atoms with van der Waals surface area (Å²) in [4.78, 5) is 2.71. The number of nitrogens with one attached hydrogen (secondary N) is 1. The SMILES string of the molecule is COC(c1ccc2c(cnn2-c2ccc(F)cc2)c1)(c1c[nH]c2cccc(F)c12)C(F)(F)F. The van der Waals surface area contributed by atoms with Gasteiger partial charge in [0.1, 0.15) is 11.6 Å². The molecule has 1 N–H and O–H groups in total. The summed E-state index contributed by atoms with van der Waals surface area (Å²) in [6, 6.07) is 13.6. The van der Waals surface area contributed by atoms with Gasteiger partial charge in [-0.15, -0.1) is 0 Å². The molecule has 0 fully saturated rings. The molecule has 1 unspecified atom stereocenters. The number of aromatic nitrogens is 3. The average Bonchev–Trinajstić information content (AvgIpc) is 3.40. The van der Waals surface area contributed by atoms with E-state index >= 15 is 0 Å². The number of hydrogen-bond acceptors (Lipinski definition) is 2. The number of alkyl halides is 3. The van der Waals surface area contributed by atoms with Crippen LogP contribution in [0.25, 0.3) is 27.5 Å². The van der Waals surface area contributed by atoms with Gasteiger partial charge in [0, 0.05) is 35.2 Å². The number of benzene rings is 3. The van der Waals surface area contributed by atoms with Crippen LogP contribution in [-0.4, -0.2) is 28.1 Å². The predicted molar refractivity (Wildman–Crippen MR) is 113 cm³/mol. The number of halogens is 5. The predicted octanol–water partition coefficient (Wildman–Crippen LogP) is 6.24. The van der Waals surface area contributed by atoms with Gasteiger partial charge in [0.15, 0.2) is 0 Å². The minimum absolute atomic E-state index is 0.196. The first kappa shape index (κ1) is 21.1. The number of methoxy groups -OCH3 is 1. The molecule has 5 rings (SSSR count). The first-order valence-corrected chi connectivity index (χ1v) is 9.88. The van der Waals surface area contributed by atoms with Crippen molar-refractivity contribution >= 4 is 21.8 Å². The molecule has 0 spiro atoms. The van der Waals surface area contributed by atoms with Gasteiger partial charge in [0.2, 0.25) is 5.60 Å². The molecule has 33 heavy (non-hydrogen) atoms. The Kier molecular flexibility index (Phi) is 4.75. The van der Waals surface area contributed by atoms with Gasteiger partial charge in [-0.3, -0.25) is 0 Å². The van der Waals surface area contributed by atoms with E-state index in [1.54, 1.807) is 0 Å². The molecule has 0 saturated heterocycles. The largest absolute Gasteiger partial charge is 0.426 e. The Morgan fingerprint density at radius 3 is 2.42 bits per heavy atom. The molecule has 168 valence electrons. The summed E-state index contributed by atoms with van der Waals surface area (Å²) in [5.74, 6) is -1.21. The third kappa shape index (κ3) is 3.11. The number of fused-ring (bicyclic) bond motifs is 2. The third-order valence-electron chi connectivity index (χ3n) is 5.79. The fraction of sp³-hybridized carbons (Fsp3) is 0.125. The normalized spacial score (nSPS) is 14.1. The van der Waals surface area contributed by atoms with E-state index in [9.17, 15) is 22.0 Å². The summed E-state index contributed by atoms with van der Waals surface area (Å²) in [5, 5.41) is 4.45. The zero-order valence-corrected chi connectivity index (χ0v) is 17.1. The van der Waals surface area contributed by atoms with Crippen molar-refractivity contribution in [2.45, 2.75) is 11.8 Å². The molecule has 0 aliphatic rings. The Labute approximate surface area is 184 Å². The Hall–Kier alpha value is -3.72. The van der Waals surface area contributed by atoms with Gasteiger partial charge >= 0.3 is 6.18 Å². The van der Waals surface area contributed by atoms with Crippen LogP contribution >= 0.6 is 0 Å². The van der Waals surface area contributed by atoms with E-state index in [4.69, 9.17) is 4.74 Å². The number of H-pyrrole nitrogens is 1. The Morgan fingerprint density at radius 1 is 0.970 bits per heavy atom. The van der Waals surface area contributed by atoms with Crippen LogP contribution in [-0.2, 0) is 10.3 Å². The smallest absolute Gasteiger partial charge is 0.361 e. The minimum Gasteiger partial charge on any atom is -0.361 e. The zero-order chi connectivity index (χ0) is 23.4. The third-order valence-corrected chi connectivity index (χ3v) is 5.79. The van der Waals surface area contributed by atoms with Crippen LogP contribution in [0.15, 0.2) is 73.1 Å².